The summed E-state index contributed by atoms with van der Waals surface area (Å²) in [6.45, 7) is 7.80. The lowest BCUT2D eigenvalue weighted by Gasteiger charge is -2.32. The molecule has 1 aliphatic rings. The van der Waals surface area contributed by atoms with Crippen LogP contribution in [0.25, 0.3) is 0 Å². The van der Waals surface area contributed by atoms with E-state index in [0.717, 1.165) is 24.6 Å². The van der Waals surface area contributed by atoms with Gasteiger partial charge in [-0.05, 0) is 61.7 Å². The molecule has 0 unspecified atom stereocenters. The summed E-state index contributed by atoms with van der Waals surface area (Å²) in [6.07, 6.45) is 4.92. The van der Waals surface area contributed by atoms with E-state index < -0.39 is 0 Å². The van der Waals surface area contributed by atoms with Crippen LogP contribution in [-0.2, 0) is 0 Å². The molecule has 0 saturated carbocycles. The van der Waals surface area contributed by atoms with Crippen LogP contribution in [0.4, 0.5) is 11.4 Å². The van der Waals surface area contributed by atoms with Crippen LogP contribution in [0.5, 0.6) is 0 Å². The molecular formula is C17H27N3S. The van der Waals surface area contributed by atoms with Gasteiger partial charge in [0.2, 0.25) is 0 Å². The number of nitrogens with one attached hydrogen (secondary N) is 2. The standard InChI is InChI=1S/C17H27N3S/c1-3-4-11-18-17(21)19-15-5-7-16(8-6-15)20-12-9-14(2)10-13-20/h5-8,14H,3-4,9-13H2,1-2H3,(H2,18,19,21). The zero-order valence-corrected chi connectivity index (χ0v) is 14.0. The van der Waals surface area contributed by atoms with Crippen LogP contribution in [-0.4, -0.2) is 24.7 Å². The van der Waals surface area contributed by atoms with Gasteiger partial charge in [-0.25, -0.2) is 0 Å². The van der Waals surface area contributed by atoms with Crippen molar-refractivity contribution in [1.82, 2.24) is 5.32 Å². The first-order valence-corrected chi connectivity index (χ1v) is 8.49. The maximum absolute atomic E-state index is 5.29. The fourth-order valence-corrected chi connectivity index (χ4v) is 2.80. The first-order valence-electron chi connectivity index (χ1n) is 8.09. The number of piperidine rings is 1. The largest absolute Gasteiger partial charge is 0.372 e. The highest BCUT2D eigenvalue weighted by Crippen LogP contribution is 2.24. The van der Waals surface area contributed by atoms with Gasteiger partial charge in [-0.15, -0.1) is 0 Å². The van der Waals surface area contributed by atoms with Crippen LogP contribution in [0.3, 0.4) is 0 Å². The molecule has 2 N–H and O–H groups in total. The average molecular weight is 305 g/mol. The van der Waals surface area contributed by atoms with Crippen LogP contribution in [0, 0.1) is 5.92 Å². The van der Waals surface area contributed by atoms with Crippen molar-refractivity contribution in [3.8, 4) is 0 Å². The summed E-state index contributed by atoms with van der Waals surface area (Å²) in [5.74, 6) is 0.869. The van der Waals surface area contributed by atoms with Crippen molar-refractivity contribution in [1.29, 1.82) is 0 Å². The second kappa shape index (κ2) is 8.23. The third-order valence-electron chi connectivity index (χ3n) is 4.09. The maximum Gasteiger partial charge on any atom is 0.170 e. The van der Waals surface area contributed by atoms with Crippen molar-refractivity contribution >= 4 is 28.7 Å². The van der Waals surface area contributed by atoms with Gasteiger partial charge in [0.15, 0.2) is 5.11 Å². The van der Waals surface area contributed by atoms with Crippen LogP contribution in [0.2, 0.25) is 0 Å². The molecule has 1 aliphatic heterocycles. The molecule has 0 spiro atoms. The quantitative estimate of drug-likeness (QED) is 0.635. The Morgan fingerprint density at radius 1 is 1.24 bits per heavy atom. The zero-order chi connectivity index (χ0) is 15.1. The molecule has 0 aliphatic carbocycles. The van der Waals surface area contributed by atoms with Crippen LogP contribution < -0.4 is 15.5 Å². The van der Waals surface area contributed by atoms with E-state index in [4.69, 9.17) is 12.2 Å². The SMILES string of the molecule is CCCCNC(=S)Nc1ccc(N2CCC(C)CC2)cc1. The first kappa shape index (κ1) is 16.1. The minimum Gasteiger partial charge on any atom is -0.372 e. The van der Waals surface area contributed by atoms with E-state index in [1.165, 1.54) is 38.0 Å². The van der Waals surface area contributed by atoms with E-state index in [1.54, 1.807) is 0 Å². The summed E-state index contributed by atoms with van der Waals surface area (Å²) in [4.78, 5) is 2.47. The number of hydrogen-bond donors (Lipinski definition) is 2. The fourth-order valence-electron chi connectivity index (χ4n) is 2.58. The molecule has 0 bridgehead atoms. The van der Waals surface area contributed by atoms with Crippen molar-refractivity contribution in [2.75, 3.05) is 29.9 Å². The molecule has 1 fully saturated rings. The molecule has 4 heteroatoms. The van der Waals surface area contributed by atoms with Crippen molar-refractivity contribution in [3.05, 3.63) is 24.3 Å². The average Bonchev–Trinajstić information content (AvgIpc) is 2.49. The summed E-state index contributed by atoms with van der Waals surface area (Å²) >= 11 is 5.29. The smallest absolute Gasteiger partial charge is 0.170 e. The summed E-state index contributed by atoms with van der Waals surface area (Å²) in [6, 6.07) is 8.60. The number of benzene rings is 1. The van der Waals surface area contributed by atoms with Crippen LogP contribution >= 0.6 is 12.2 Å². The summed E-state index contributed by atoms with van der Waals surface area (Å²) in [5.41, 5.74) is 2.37. The molecule has 0 radical (unpaired) electrons. The zero-order valence-electron chi connectivity index (χ0n) is 13.2. The molecular weight excluding hydrogens is 278 g/mol. The third kappa shape index (κ3) is 5.20. The fraction of sp³-hybridized carbons (Fsp3) is 0.588. The lowest BCUT2D eigenvalue weighted by molar-refractivity contribution is 0.438. The van der Waals surface area contributed by atoms with Gasteiger partial charge in [0.1, 0.15) is 0 Å². The predicted octanol–water partition coefficient (Wildman–Crippen LogP) is 4.01. The van der Waals surface area contributed by atoms with Crippen LogP contribution in [0.15, 0.2) is 24.3 Å². The van der Waals surface area contributed by atoms with Gasteiger partial charge >= 0.3 is 0 Å². The highest BCUT2D eigenvalue weighted by molar-refractivity contribution is 7.80. The van der Waals surface area contributed by atoms with E-state index in [9.17, 15) is 0 Å². The Morgan fingerprint density at radius 3 is 2.52 bits per heavy atom. The van der Waals surface area contributed by atoms with E-state index in [1.807, 2.05) is 0 Å². The monoisotopic (exact) mass is 305 g/mol. The topological polar surface area (TPSA) is 27.3 Å². The highest BCUT2D eigenvalue weighted by Gasteiger charge is 2.15. The number of unbranched alkanes of at least 4 members (excludes halogenated alkanes) is 1. The summed E-state index contributed by atoms with van der Waals surface area (Å²) < 4.78 is 0. The molecule has 1 aromatic rings. The Bertz CT molecular complexity index is 436. The Morgan fingerprint density at radius 2 is 1.90 bits per heavy atom. The van der Waals surface area contributed by atoms with Crippen molar-refractivity contribution < 1.29 is 0 Å². The normalized spacial score (nSPS) is 15.8. The van der Waals surface area contributed by atoms with Gasteiger partial charge in [0.05, 0.1) is 0 Å². The second-order valence-corrected chi connectivity index (χ2v) is 6.36. The van der Waals surface area contributed by atoms with Crippen LogP contribution in [0.1, 0.15) is 39.5 Å². The first-order chi connectivity index (χ1) is 10.2. The lowest BCUT2D eigenvalue weighted by atomic mass is 9.99. The molecule has 1 heterocycles. The molecule has 0 aromatic heterocycles. The Balaban J connectivity index is 1.83. The van der Waals surface area contributed by atoms with Gasteiger partial charge in [-0.3, -0.25) is 0 Å². The Kier molecular flexibility index (Phi) is 6.30. The van der Waals surface area contributed by atoms with Crippen molar-refractivity contribution in [2.45, 2.75) is 39.5 Å². The minimum absolute atomic E-state index is 0.711. The van der Waals surface area contributed by atoms with E-state index >= 15 is 0 Å². The molecule has 0 amide bonds. The lowest BCUT2D eigenvalue weighted by Crippen LogP contribution is -2.32. The second-order valence-electron chi connectivity index (χ2n) is 5.95. The van der Waals surface area contributed by atoms with Gasteiger partial charge in [-0.2, -0.15) is 0 Å². The molecule has 0 atom stereocenters. The maximum atomic E-state index is 5.29. The number of rotatable bonds is 5. The van der Waals surface area contributed by atoms with E-state index in [-0.39, 0.29) is 0 Å². The highest BCUT2D eigenvalue weighted by atomic mass is 32.1. The summed E-state index contributed by atoms with van der Waals surface area (Å²) in [7, 11) is 0. The van der Waals surface area contributed by atoms with E-state index in [0.29, 0.717) is 5.11 Å². The molecule has 116 valence electrons. The van der Waals surface area contributed by atoms with Gasteiger partial charge in [-0.1, -0.05) is 20.3 Å². The van der Waals surface area contributed by atoms with Gasteiger partial charge in [0, 0.05) is 31.0 Å². The van der Waals surface area contributed by atoms with Crippen molar-refractivity contribution in [3.63, 3.8) is 0 Å². The van der Waals surface area contributed by atoms with Crippen molar-refractivity contribution in [2.24, 2.45) is 5.92 Å². The third-order valence-corrected chi connectivity index (χ3v) is 4.34. The molecule has 3 nitrogen and oxygen atoms in total. The summed E-state index contributed by atoms with van der Waals surface area (Å²) in [5, 5.41) is 7.18. The Labute approximate surface area is 134 Å². The molecule has 2 rings (SSSR count). The predicted molar refractivity (Wildman–Crippen MR) is 96.2 cm³/mol. The van der Waals surface area contributed by atoms with Gasteiger partial charge < -0.3 is 15.5 Å². The van der Waals surface area contributed by atoms with Gasteiger partial charge in [0.25, 0.3) is 0 Å². The van der Waals surface area contributed by atoms with E-state index in [2.05, 4.69) is 53.6 Å². The number of hydrogen-bond acceptors (Lipinski definition) is 2. The number of nitrogens with zero attached hydrogens (tertiary/aromatic N) is 1. The number of anilines is 2. The Hall–Kier alpha value is -1.29. The molecule has 1 aromatic carbocycles. The minimum atomic E-state index is 0.711. The molecule has 21 heavy (non-hydrogen) atoms. The number of thiocarbonyl (C=S) groups is 1. The molecule has 1 saturated heterocycles.